The number of carbonyl (C=O) groups excluding carboxylic acids is 5. The maximum Gasteiger partial charge on any atom is 0.410 e. The Bertz CT molecular complexity index is 4500. The molecule has 3 aromatic heterocycles. The van der Waals surface area contributed by atoms with E-state index in [4.69, 9.17) is 44.8 Å². The number of hydrogen-bond acceptors (Lipinski definition) is 22. The number of likely N-dealkylation sites (tertiary alicyclic amines) is 3. The predicted octanol–water partition coefficient (Wildman–Crippen LogP) is 12.8. The zero-order chi connectivity index (χ0) is 75.4. The average molecular weight is 1440 g/mol. The number of methoxy groups -OCH3 is 2. The van der Waals surface area contributed by atoms with Gasteiger partial charge in [-0.1, -0.05) is 24.3 Å². The van der Waals surface area contributed by atoms with Crippen LogP contribution in [0.4, 0.5) is 9.59 Å². The van der Waals surface area contributed by atoms with Crippen LogP contribution >= 0.6 is 11.6 Å². The second-order valence-corrected chi connectivity index (χ2v) is 27.4. The highest BCUT2D eigenvalue weighted by molar-refractivity contribution is 6.28. The summed E-state index contributed by atoms with van der Waals surface area (Å²) in [6.45, 7) is 15.8. The van der Waals surface area contributed by atoms with Crippen molar-refractivity contribution in [1.29, 1.82) is 15.8 Å². The van der Waals surface area contributed by atoms with E-state index in [1.165, 1.54) is 21.1 Å². The van der Waals surface area contributed by atoms with Crippen LogP contribution in [-0.4, -0.2) is 169 Å². The van der Waals surface area contributed by atoms with Gasteiger partial charge in [0.25, 0.3) is 5.91 Å². The standard InChI is InChI=1S/C30H32N4O5.C28H28N4O5.C21H23ClN4O3/c1-30(2,3)39-29(36)34-15-12-24(13-16-34)38-26-10-9-22(18-23(26)19-31)25-11-14-32-27(33-25)17-20-5-7-21(8-6-20)28(35)37-4;1-18(33)27(34)32-13-10-23(11-14-32)37-25-8-7-21(16-22(25)17-29)24-9-12-30-26(31-24)15-19-3-5-20(6-4-19)28(35)36-2;1-21(2,3)29-20(27)26-10-7-16(8-11-26)28-18-5-4-14(12-15(18)13-23)17-6-9-24-19(22)25-17/h5-11,14,18,24H,12-13,15-17H2,1-4H3;3-9,12,16,18,23,33H,10-11,13-15H2,1-2H3;4-6,9,12,16H,7-8,10-11H2,1-3H3/t;18-;/m.1./s1. The molecule has 6 heterocycles. The Kier molecular flexibility index (Phi) is 26.6. The second kappa shape index (κ2) is 36.0. The number of aromatic nitrogens is 6. The van der Waals surface area contributed by atoms with Crippen LogP contribution in [0.15, 0.2) is 140 Å². The van der Waals surface area contributed by atoms with Gasteiger partial charge in [0.2, 0.25) is 5.28 Å². The summed E-state index contributed by atoms with van der Waals surface area (Å²) in [5.74, 6) is 1.71. The molecule has 105 heavy (non-hydrogen) atoms. The van der Waals surface area contributed by atoms with Gasteiger partial charge in [-0.05, 0) is 168 Å². The van der Waals surface area contributed by atoms with Crippen molar-refractivity contribution in [1.82, 2.24) is 44.6 Å². The third-order valence-electron chi connectivity index (χ3n) is 16.9. The van der Waals surface area contributed by atoms with Gasteiger partial charge in [0.05, 0.1) is 59.1 Å². The molecular weight excluding hydrogens is 1360 g/mol. The summed E-state index contributed by atoms with van der Waals surface area (Å²) in [4.78, 5) is 90.9. The van der Waals surface area contributed by atoms with E-state index in [0.717, 1.165) is 27.8 Å². The summed E-state index contributed by atoms with van der Waals surface area (Å²) in [6, 6.07) is 42.3. The van der Waals surface area contributed by atoms with E-state index in [2.05, 4.69) is 48.1 Å². The monoisotopic (exact) mass is 1440 g/mol. The van der Waals surface area contributed by atoms with Crippen LogP contribution in [0, 0.1) is 34.0 Å². The normalized spacial score (nSPS) is 14.4. The van der Waals surface area contributed by atoms with Gasteiger partial charge in [0.15, 0.2) is 0 Å². The van der Waals surface area contributed by atoms with Crippen LogP contribution in [0.1, 0.15) is 147 Å². The number of carbonyl (C=O) groups is 5. The number of amides is 3. The number of halogens is 1. The van der Waals surface area contributed by atoms with Gasteiger partial charge in [-0.25, -0.2) is 49.1 Å². The first-order valence-electron chi connectivity index (χ1n) is 34.3. The summed E-state index contributed by atoms with van der Waals surface area (Å²) < 4.78 is 38.7. The highest BCUT2D eigenvalue weighted by Crippen LogP contribution is 2.33. The molecule has 3 aliphatic rings. The summed E-state index contributed by atoms with van der Waals surface area (Å²) in [7, 11) is 2.70. The van der Waals surface area contributed by atoms with Crippen LogP contribution in [0.3, 0.4) is 0 Å². The van der Waals surface area contributed by atoms with Crippen molar-refractivity contribution in [3.8, 4) is 69.2 Å². The van der Waals surface area contributed by atoms with E-state index >= 15 is 0 Å². The van der Waals surface area contributed by atoms with E-state index in [0.29, 0.717) is 164 Å². The van der Waals surface area contributed by atoms with E-state index in [-0.39, 0.29) is 53.6 Å². The molecule has 25 nitrogen and oxygen atoms in total. The van der Waals surface area contributed by atoms with E-state index in [1.807, 2.05) is 84.0 Å². The van der Waals surface area contributed by atoms with Gasteiger partial charge >= 0.3 is 24.1 Å². The topological polar surface area (TPSA) is 329 Å². The molecule has 8 aromatic rings. The molecule has 0 radical (unpaired) electrons. The molecule has 0 bridgehead atoms. The largest absolute Gasteiger partial charge is 0.489 e. The molecule has 26 heteroatoms. The van der Waals surface area contributed by atoms with E-state index < -0.39 is 17.3 Å². The first kappa shape index (κ1) is 77.6. The van der Waals surface area contributed by atoms with Crippen molar-refractivity contribution in [3.05, 3.63) is 196 Å². The smallest absolute Gasteiger partial charge is 0.410 e. The van der Waals surface area contributed by atoms with Crippen LogP contribution in [0.25, 0.3) is 33.8 Å². The average Bonchev–Trinajstić information content (AvgIpc) is 0.826. The van der Waals surface area contributed by atoms with Gasteiger partial charge in [0.1, 0.15) is 82.7 Å². The molecule has 3 fully saturated rings. The van der Waals surface area contributed by atoms with Crippen molar-refractivity contribution < 1.29 is 62.2 Å². The van der Waals surface area contributed by atoms with Crippen molar-refractivity contribution >= 4 is 41.6 Å². The molecule has 11 rings (SSSR count). The van der Waals surface area contributed by atoms with Gasteiger partial charge < -0.3 is 53.0 Å². The van der Waals surface area contributed by atoms with Gasteiger partial charge in [0, 0.05) is 126 Å². The lowest BCUT2D eigenvalue weighted by atomic mass is 10.0. The lowest BCUT2D eigenvalue weighted by Gasteiger charge is -2.33. The molecule has 0 saturated carbocycles. The maximum absolute atomic E-state index is 12.3. The molecule has 1 atom stereocenters. The Balaban J connectivity index is 0.000000184. The quantitative estimate of drug-likeness (QED) is 0.0533. The molecule has 0 unspecified atom stereocenters. The highest BCUT2D eigenvalue weighted by Gasteiger charge is 2.31. The minimum atomic E-state index is -1.01. The molecule has 3 amide bonds. The molecule has 0 spiro atoms. The number of rotatable bonds is 16. The minimum Gasteiger partial charge on any atom is -0.489 e. The predicted molar refractivity (Wildman–Crippen MR) is 388 cm³/mol. The second-order valence-electron chi connectivity index (χ2n) is 27.0. The number of ether oxygens (including phenoxy) is 7. The molecular formula is C79H83ClN12O13. The Morgan fingerprint density at radius 1 is 0.486 bits per heavy atom. The fourth-order valence-corrected chi connectivity index (χ4v) is 11.7. The Labute approximate surface area is 615 Å². The van der Waals surface area contributed by atoms with Crippen molar-refractivity contribution in [2.75, 3.05) is 53.5 Å². The van der Waals surface area contributed by atoms with Crippen LogP contribution in [-0.2, 0) is 36.6 Å². The SMILES string of the molecule is CC(C)(C)OC(=O)N1CCC(Oc2ccc(-c3ccnc(Cl)n3)cc2C#N)CC1.COC(=O)c1ccc(Cc2nccc(-c3ccc(OC4CCN(C(=O)OC(C)(C)C)CC4)c(C#N)c3)n2)cc1.COC(=O)c1ccc(Cc2nccc(-c3ccc(OC4CCN(C(=O)[C@@H](C)O)CC4)c(C#N)c3)n2)cc1. The number of aliphatic hydroxyl groups excluding tert-OH is 1. The lowest BCUT2D eigenvalue weighted by Crippen LogP contribution is -2.45. The lowest BCUT2D eigenvalue weighted by molar-refractivity contribution is -0.141. The van der Waals surface area contributed by atoms with Crippen LogP contribution < -0.4 is 14.2 Å². The Morgan fingerprint density at radius 2 is 0.810 bits per heavy atom. The van der Waals surface area contributed by atoms with E-state index in [1.54, 1.807) is 112 Å². The molecule has 544 valence electrons. The van der Waals surface area contributed by atoms with Crippen LogP contribution in [0.5, 0.6) is 17.2 Å². The third-order valence-corrected chi connectivity index (χ3v) is 17.1. The Hall–Kier alpha value is -11.6. The fraction of sp³-hybridized carbons (Fsp3) is 0.367. The summed E-state index contributed by atoms with van der Waals surface area (Å²) in [6.07, 6.45) is 7.91. The fourth-order valence-electron chi connectivity index (χ4n) is 11.5. The number of esters is 2. The number of piperidine rings is 3. The Morgan fingerprint density at radius 3 is 1.11 bits per heavy atom. The third kappa shape index (κ3) is 22.5. The first-order valence-corrected chi connectivity index (χ1v) is 34.7. The number of hydrogen-bond donors (Lipinski definition) is 1. The molecule has 3 saturated heterocycles. The van der Waals surface area contributed by atoms with Crippen molar-refractivity contribution in [2.24, 2.45) is 0 Å². The molecule has 3 aliphatic heterocycles. The molecule has 5 aromatic carbocycles. The number of nitrogens with zero attached hydrogens (tertiary/aromatic N) is 12. The maximum atomic E-state index is 12.3. The van der Waals surface area contributed by atoms with Crippen LogP contribution in [0.2, 0.25) is 5.28 Å². The van der Waals surface area contributed by atoms with Gasteiger partial charge in [-0.2, -0.15) is 15.8 Å². The minimum absolute atomic E-state index is 0.0693. The van der Waals surface area contributed by atoms with Gasteiger partial charge in [-0.3, -0.25) is 4.79 Å². The zero-order valence-electron chi connectivity index (χ0n) is 60.1. The highest BCUT2D eigenvalue weighted by atomic mass is 35.5. The zero-order valence-corrected chi connectivity index (χ0v) is 60.8. The van der Waals surface area contributed by atoms with E-state index in [9.17, 15) is 44.9 Å². The number of aliphatic hydroxyl groups is 1. The van der Waals surface area contributed by atoms with Gasteiger partial charge in [-0.15, -0.1) is 0 Å². The summed E-state index contributed by atoms with van der Waals surface area (Å²) >= 11 is 5.85. The summed E-state index contributed by atoms with van der Waals surface area (Å²) in [5, 5.41) is 38.8. The van der Waals surface area contributed by atoms with Crippen molar-refractivity contribution in [3.63, 3.8) is 0 Å². The molecule has 0 aliphatic carbocycles. The summed E-state index contributed by atoms with van der Waals surface area (Å²) in [5.41, 5.74) is 7.40. The number of benzene rings is 5. The van der Waals surface area contributed by atoms with Crippen molar-refractivity contribution in [2.45, 2.75) is 135 Å². The number of nitriles is 3. The molecule has 1 N–H and O–H groups in total. The first-order chi connectivity index (χ1) is 50.3.